The van der Waals surface area contributed by atoms with Crippen molar-refractivity contribution in [3.8, 4) is 0 Å². The molecule has 0 radical (unpaired) electrons. The highest BCUT2D eigenvalue weighted by Gasteiger charge is 2.44. The Morgan fingerprint density at radius 3 is 2.31 bits per heavy atom. The summed E-state index contributed by atoms with van der Waals surface area (Å²) >= 11 is 0. The lowest BCUT2D eigenvalue weighted by Gasteiger charge is -2.53. The molecule has 94 valence electrons. The average molecular weight is 223 g/mol. The van der Waals surface area contributed by atoms with Crippen LogP contribution in [0.1, 0.15) is 59.8 Å². The van der Waals surface area contributed by atoms with Gasteiger partial charge in [0.1, 0.15) is 0 Å². The summed E-state index contributed by atoms with van der Waals surface area (Å²) in [6.07, 6.45) is 7.28. The van der Waals surface area contributed by atoms with Crippen LogP contribution in [-0.2, 0) is 0 Å². The van der Waals surface area contributed by atoms with E-state index in [9.17, 15) is 0 Å². The molecule has 1 nitrogen and oxygen atoms in total. The Labute approximate surface area is 102 Å². The Kier molecular flexibility index (Phi) is 3.36. The fourth-order valence-electron chi connectivity index (χ4n) is 4.10. The molecule has 2 rings (SSSR count). The van der Waals surface area contributed by atoms with Gasteiger partial charge >= 0.3 is 0 Å². The van der Waals surface area contributed by atoms with Crippen molar-refractivity contribution in [3.05, 3.63) is 0 Å². The molecule has 0 unspecified atom stereocenters. The minimum atomic E-state index is 0.481. The maximum atomic E-state index is 2.70. The first-order valence-electron chi connectivity index (χ1n) is 7.13. The maximum absolute atomic E-state index is 2.70. The molecule has 1 saturated heterocycles. The van der Waals surface area contributed by atoms with Gasteiger partial charge in [-0.05, 0) is 56.9 Å². The van der Waals surface area contributed by atoms with Gasteiger partial charge < -0.3 is 4.90 Å². The van der Waals surface area contributed by atoms with Gasteiger partial charge in [-0.25, -0.2) is 0 Å². The van der Waals surface area contributed by atoms with Crippen molar-refractivity contribution in [3.63, 3.8) is 0 Å². The molecule has 0 aromatic heterocycles. The van der Waals surface area contributed by atoms with E-state index in [-0.39, 0.29) is 0 Å². The molecule has 0 aromatic carbocycles. The number of nitrogens with zero attached hydrogens (tertiary/aromatic N) is 1. The molecule has 1 aliphatic carbocycles. The second-order valence-corrected chi connectivity index (χ2v) is 7.25. The molecule has 1 heterocycles. The summed E-state index contributed by atoms with van der Waals surface area (Å²) in [5, 5.41) is 0. The van der Waals surface area contributed by atoms with E-state index in [0.717, 1.165) is 23.9 Å². The van der Waals surface area contributed by atoms with Crippen LogP contribution >= 0.6 is 0 Å². The van der Waals surface area contributed by atoms with E-state index in [1.807, 2.05) is 0 Å². The predicted molar refractivity (Wildman–Crippen MR) is 70.5 cm³/mol. The van der Waals surface area contributed by atoms with Crippen molar-refractivity contribution in [1.29, 1.82) is 0 Å². The van der Waals surface area contributed by atoms with Crippen LogP contribution in [0.5, 0.6) is 0 Å². The standard InChI is InChI=1S/C15H29N/c1-11-9-10-12-7-6-8-13(15(2,3)4)14(12)16(11)5/h11-14H,6-10H2,1-5H3/t11-,12+,13-,14+/m0/s1. The number of piperidine rings is 1. The van der Waals surface area contributed by atoms with Crippen LogP contribution in [0.3, 0.4) is 0 Å². The Hall–Kier alpha value is -0.0400. The minimum Gasteiger partial charge on any atom is -0.300 e. The fourth-order valence-corrected chi connectivity index (χ4v) is 4.10. The Bertz CT molecular complexity index is 238. The predicted octanol–water partition coefficient (Wildman–Crippen LogP) is 3.93. The fraction of sp³-hybridized carbons (Fsp3) is 1.00. The molecule has 0 aromatic rings. The number of hydrogen-bond donors (Lipinski definition) is 0. The molecule has 4 atom stereocenters. The zero-order valence-electron chi connectivity index (χ0n) is 11.8. The monoisotopic (exact) mass is 223 g/mol. The van der Waals surface area contributed by atoms with E-state index >= 15 is 0 Å². The van der Waals surface area contributed by atoms with Crippen LogP contribution in [0.4, 0.5) is 0 Å². The third kappa shape index (κ3) is 2.16. The first-order valence-corrected chi connectivity index (χ1v) is 7.13. The van der Waals surface area contributed by atoms with Crippen LogP contribution in [-0.4, -0.2) is 24.0 Å². The highest BCUT2D eigenvalue weighted by Crippen LogP contribution is 2.46. The van der Waals surface area contributed by atoms with Gasteiger partial charge in [-0.3, -0.25) is 0 Å². The number of hydrogen-bond acceptors (Lipinski definition) is 1. The van der Waals surface area contributed by atoms with Crippen molar-refractivity contribution in [2.24, 2.45) is 17.3 Å². The van der Waals surface area contributed by atoms with Crippen LogP contribution in [0.25, 0.3) is 0 Å². The van der Waals surface area contributed by atoms with E-state index in [4.69, 9.17) is 0 Å². The molecule has 0 spiro atoms. The summed E-state index contributed by atoms with van der Waals surface area (Å²) in [7, 11) is 2.37. The van der Waals surface area contributed by atoms with Crippen molar-refractivity contribution in [1.82, 2.24) is 4.90 Å². The van der Waals surface area contributed by atoms with Gasteiger partial charge in [0.05, 0.1) is 0 Å². The molecule has 0 N–H and O–H groups in total. The molecular weight excluding hydrogens is 194 g/mol. The molecule has 1 aliphatic heterocycles. The SMILES string of the molecule is C[C@H]1CC[C@H]2CCC[C@H](C(C)(C)C)[C@@H]2N1C. The molecule has 2 fully saturated rings. The Balaban J connectivity index is 2.20. The summed E-state index contributed by atoms with van der Waals surface area (Å²) in [4.78, 5) is 2.70. The topological polar surface area (TPSA) is 3.24 Å². The third-order valence-corrected chi connectivity index (χ3v) is 5.22. The molecular formula is C15H29N. The lowest BCUT2D eigenvalue weighted by Crippen LogP contribution is -2.55. The molecule has 0 bridgehead atoms. The zero-order chi connectivity index (χ0) is 11.9. The van der Waals surface area contributed by atoms with Crippen LogP contribution < -0.4 is 0 Å². The van der Waals surface area contributed by atoms with Crippen LogP contribution in [0.15, 0.2) is 0 Å². The van der Waals surface area contributed by atoms with Gasteiger partial charge in [0.25, 0.3) is 0 Å². The third-order valence-electron chi connectivity index (χ3n) is 5.22. The molecule has 1 heteroatoms. The van der Waals surface area contributed by atoms with Crippen LogP contribution in [0.2, 0.25) is 0 Å². The maximum Gasteiger partial charge on any atom is 0.0156 e. The normalized spacial score (nSPS) is 41.8. The van der Waals surface area contributed by atoms with Crippen molar-refractivity contribution in [2.45, 2.75) is 71.9 Å². The van der Waals surface area contributed by atoms with Crippen molar-refractivity contribution in [2.75, 3.05) is 7.05 Å². The largest absolute Gasteiger partial charge is 0.300 e. The van der Waals surface area contributed by atoms with Gasteiger partial charge in [0.2, 0.25) is 0 Å². The van der Waals surface area contributed by atoms with E-state index in [2.05, 4.69) is 39.6 Å². The summed E-state index contributed by atoms with van der Waals surface area (Å²) in [6, 6.07) is 1.65. The van der Waals surface area contributed by atoms with Gasteiger partial charge in [0, 0.05) is 12.1 Å². The Morgan fingerprint density at radius 1 is 1.00 bits per heavy atom. The van der Waals surface area contributed by atoms with E-state index in [0.29, 0.717) is 5.41 Å². The lowest BCUT2D eigenvalue weighted by molar-refractivity contribution is -0.0326. The summed E-state index contributed by atoms with van der Waals surface area (Å²) < 4.78 is 0. The average Bonchev–Trinajstić information content (AvgIpc) is 2.21. The molecule has 2 aliphatic rings. The van der Waals surface area contributed by atoms with Crippen molar-refractivity contribution >= 4 is 0 Å². The lowest BCUT2D eigenvalue weighted by atomic mass is 9.63. The van der Waals surface area contributed by atoms with E-state index < -0.39 is 0 Å². The Morgan fingerprint density at radius 2 is 1.69 bits per heavy atom. The summed E-state index contributed by atoms with van der Waals surface area (Å²) in [5.41, 5.74) is 0.481. The number of likely N-dealkylation sites (tertiary alicyclic amines) is 1. The van der Waals surface area contributed by atoms with Gasteiger partial charge in [0.15, 0.2) is 0 Å². The number of rotatable bonds is 0. The molecule has 16 heavy (non-hydrogen) atoms. The summed E-state index contributed by atoms with van der Waals surface area (Å²) in [6.45, 7) is 9.72. The van der Waals surface area contributed by atoms with Gasteiger partial charge in [-0.15, -0.1) is 0 Å². The summed E-state index contributed by atoms with van der Waals surface area (Å²) in [5.74, 6) is 1.89. The highest BCUT2D eigenvalue weighted by atomic mass is 15.2. The van der Waals surface area contributed by atoms with E-state index in [1.54, 1.807) is 0 Å². The van der Waals surface area contributed by atoms with Gasteiger partial charge in [-0.1, -0.05) is 27.2 Å². The smallest absolute Gasteiger partial charge is 0.0156 e. The quantitative estimate of drug-likeness (QED) is 0.601. The second kappa shape index (κ2) is 4.33. The number of fused-ring (bicyclic) bond motifs is 1. The first kappa shape index (κ1) is 12.4. The first-order chi connectivity index (χ1) is 7.41. The van der Waals surface area contributed by atoms with Crippen LogP contribution in [0, 0.1) is 17.3 Å². The van der Waals surface area contributed by atoms with E-state index in [1.165, 1.54) is 32.1 Å². The molecule has 1 saturated carbocycles. The minimum absolute atomic E-state index is 0.481. The highest BCUT2D eigenvalue weighted by molar-refractivity contribution is 4.97. The van der Waals surface area contributed by atoms with Gasteiger partial charge in [-0.2, -0.15) is 0 Å². The second-order valence-electron chi connectivity index (χ2n) is 7.25. The molecule has 0 amide bonds. The zero-order valence-corrected chi connectivity index (χ0v) is 11.8. The van der Waals surface area contributed by atoms with Crippen molar-refractivity contribution < 1.29 is 0 Å².